The molecule has 0 radical (unpaired) electrons. The van der Waals surface area contributed by atoms with E-state index in [1.165, 1.54) is 0 Å². The van der Waals surface area contributed by atoms with Gasteiger partial charge in [0.25, 0.3) is 5.91 Å². The number of anilines is 1. The maximum atomic E-state index is 12.3. The number of nitrogens with one attached hydrogen (secondary N) is 1. The van der Waals surface area contributed by atoms with E-state index in [4.69, 9.17) is 0 Å². The van der Waals surface area contributed by atoms with Gasteiger partial charge in [0.15, 0.2) is 5.82 Å². The van der Waals surface area contributed by atoms with Crippen molar-refractivity contribution in [2.45, 2.75) is 0 Å². The van der Waals surface area contributed by atoms with Gasteiger partial charge in [-0.25, -0.2) is 15.0 Å². The van der Waals surface area contributed by atoms with Crippen molar-refractivity contribution >= 4 is 22.6 Å². The van der Waals surface area contributed by atoms with E-state index in [0.29, 0.717) is 22.5 Å². The van der Waals surface area contributed by atoms with Crippen LogP contribution in [0.25, 0.3) is 22.4 Å². The minimum Gasteiger partial charge on any atom is -0.317 e. The summed E-state index contributed by atoms with van der Waals surface area (Å²) in [6, 6.07) is 16.8. The molecule has 2 heterocycles. The topological polar surface area (TPSA) is 93.6 Å². The smallest absolute Gasteiger partial charge is 0.295 e. The van der Waals surface area contributed by atoms with E-state index >= 15 is 0 Å². The Labute approximate surface area is 142 Å². The Bertz CT molecular complexity index is 1030. The molecule has 0 bridgehead atoms. The Balaban J connectivity index is 1.53. The van der Waals surface area contributed by atoms with Gasteiger partial charge in [0.1, 0.15) is 5.52 Å². The largest absolute Gasteiger partial charge is 0.317 e. The normalized spacial score (nSPS) is 10.6. The first-order valence-electron chi connectivity index (χ1n) is 7.58. The first kappa shape index (κ1) is 14.8. The van der Waals surface area contributed by atoms with Crippen molar-refractivity contribution in [3.63, 3.8) is 0 Å². The number of hydrogen-bond donors (Lipinski definition) is 1. The van der Waals surface area contributed by atoms with Gasteiger partial charge < -0.3 is 5.32 Å². The molecule has 0 unspecified atom stereocenters. The first-order chi connectivity index (χ1) is 12.3. The van der Waals surface area contributed by atoms with Gasteiger partial charge in [-0.15, -0.1) is 10.2 Å². The van der Waals surface area contributed by atoms with E-state index in [-0.39, 0.29) is 5.82 Å². The molecule has 120 valence electrons. The fourth-order valence-electron chi connectivity index (χ4n) is 2.29. The van der Waals surface area contributed by atoms with E-state index < -0.39 is 5.91 Å². The summed E-state index contributed by atoms with van der Waals surface area (Å²) < 4.78 is 0. The molecule has 0 saturated carbocycles. The molecule has 4 aromatic rings. The third-order valence-electron chi connectivity index (χ3n) is 3.51. The predicted octanol–water partition coefficient (Wildman–Crippen LogP) is 2.73. The van der Waals surface area contributed by atoms with E-state index in [1.807, 2.05) is 42.5 Å². The second-order valence-electron chi connectivity index (χ2n) is 5.24. The monoisotopic (exact) mass is 328 g/mol. The predicted molar refractivity (Wildman–Crippen MR) is 92.8 cm³/mol. The summed E-state index contributed by atoms with van der Waals surface area (Å²) >= 11 is 0. The number of rotatable bonds is 3. The van der Waals surface area contributed by atoms with Crippen molar-refractivity contribution in [2.75, 3.05) is 5.32 Å². The van der Waals surface area contributed by atoms with E-state index in [0.717, 1.165) is 5.56 Å². The van der Waals surface area contributed by atoms with Crippen LogP contribution in [0.4, 0.5) is 5.69 Å². The summed E-state index contributed by atoms with van der Waals surface area (Å²) in [6.45, 7) is 0. The molecule has 7 nitrogen and oxygen atoms in total. The standard InChI is InChI=1S/C18H12N6O/c25-18(17-22-14-8-4-5-9-15(14)23-24-17)21-13-10-19-16(20-11-13)12-6-2-1-3-7-12/h1-11H,(H,21,25). The summed E-state index contributed by atoms with van der Waals surface area (Å²) in [5.41, 5.74) is 2.61. The average molecular weight is 328 g/mol. The summed E-state index contributed by atoms with van der Waals surface area (Å²) in [5.74, 6) is 0.113. The van der Waals surface area contributed by atoms with Gasteiger partial charge >= 0.3 is 0 Å². The number of para-hydroxylation sites is 1. The minimum absolute atomic E-state index is 0.00849. The summed E-state index contributed by atoms with van der Waals surface area (Å²) in [7, 11) is 0. The molecule has 2 aromatic carbocycles. The molecule has 4 rings (SSSR count). The number of aromatic nitrogens is 5. The number of carbonyl (C=O) groups is 1. The van der Waals surface area contributed by atoms with Crippen molar-refractivity contribution in [1.29, 1.82) is 0 Å². The van der Waals surface area contributed by atoms with Crippen LogP contribution in [0.3, 0.4) is 0 Å². The number of fused-ring (bicyclic) bond motifs is 1. The molecule has 0 saturated heterocycles. The molecule has 0 aliphatic heterocycles. The highest BCUT2D eigenvalue weighted by molar-refractivity contribution is 6.02. The lowest BCUT2D eigenvalue weighted by Gasteiger charge is -2.05. The van der Waals surface area contributed by atoms with Crippen LogP contribution >= 0.6 is 0 Å². The molecule has 0 fully saturated rings. The molecular formula is C18H12N6O. The van der Waals surface area contributed by atoms with Crippen molar-refractivity contribution in [3.05, 3.63) is 72.8 Å². The fourth-order valence-corrected chi connectivity index (χ4v) is 2.29. The van der Waals surface area contributed by atoms with Gasteiger partial charge in [-0.2, -0.15) is 0 Å². The van der Waals surface area contributed by atoms with Gasteiger partial charge in [-0.1, -0.05) is 42.5 Å². The fraction of sp³-hybridized carbons (Fsp3) is 0. The number of benzene rings is 2. The van der Waals surface area contributed by atoms with E-state index in [2.05, 4.69) is 30.5 Å². The highest BCUT2D eigenvalue weighted by Crippen LogP contribution is 2.15. The maximum absolute atomic E-state index is 12.3. The molecule has 0 spiro atoms. The highest BCUT2D eigenvalue weighted by Gasteiger charge is 2.12. The first-order valence-corrected chi connectivity index (χ1v) is 7.58. The quantitative estimate of drug-likeness (QED) is 0.621. The second kappa shape index (κ2) is 6.40. The summed E-state index contributed by atoms with van der Waals surface area (Å²) in [5, 5.41) is 10.5. The van der Waals surface area contributed by atoms with E-state index in [1.54, 1.807) is 24.5 Å². The number of carbonyl (C=O) groups excluding carboxylic acids is 1. The van der Waals surface area contributed by atoms with Gasteiger partial charge in [-0.3, -0.25) is 4.79 Å². The van der Waals surface area contributed by atoms with Crippen LogP contribution in [-0.4, -0.2) is 31.1 Å². The van der Waals surface area contributed by atoms with Gasteiger partial charge in [0.05, 0.1) is 23.6 Å². The van der Waals surface area contributed by atoms with Crippen LogP contribution in [0.5, 0.6) is 0 Å². The Morgan fingerprint density at radius 1 is 0.800 bits per heavy atom. The molecule has 7 heteroatoms. The molecule has 25 heavy (non-hydrogen) atoms. The van der Waals surface area contributed by atoms with Crippen LogP contribution in [0.1, 0.15) is 10.6 Å². The van der Waals surface area contributed by atoms with Crippen molar-refractivity contribution in [3.8, 4) is 11.4 Å². The van der Waals surface area contributed by atoms with Crippen molar-refractivity contribution < 1.29 is 4.79 Å². The molecule has 1 N–H and O–H groups in total. The van der Waals surface area contributed by atoms with Crippen LogP contribution < -0.4 is 5.32 Å². The molecule has 1 amide bonds. The number of nitrogens with zero attached hydrogens (tertiary/aromatic N) is 5. The minimum atomic E-state index is -0.464. The van der Waals surface area contributed by atoms with Crippen molar-refractivity contribution in [1.82, 2.24) is 25.1 Å². The lowest BCUT2D eigenvalue weighted by molar-refractivity contribution is 0.101. The lowest BCUT2D eigenvalue weighted by Crippen LogP contribution is -2.16. The number of hydrogen-bond acceptors (Lipinski definition) is 6. The van der Waals surface area contributed by atoms with Gasteiger partial charge in [0.2, 0.25) is 5.82 Å². The average Bonchev–Trinajstić information content (AvgIpc) is 2.69. The van der Waals surface area contributed by atoms with Crippen molar-refractivity contribution in [2.24, 2.45) is 0 Å². The third kappa shape index (κ3) is 3.16. The zero-order valence-electron chi connectivity index (χ0n) is 13.0. The molecule has 0 aliphatic carbocycles. The molecule has 2 aromatic heterocycles. The van der Waals surface area contributed by atoms with Crippen LogP contribution in [0.15, 0.2) is 67.0 Å². The summed E-state index contributed by atoms with van der Waals surface area (Å²) in [6.07, 6.45) is 3.09. The molecular weight excluding hydrogens is 316 g/mol. The zero-order valence-corrected chi connectivity index (χ0v) is 13.0. The van der Waals surface area contributed by atoms with E-state index in [9.17, 15) is 4.79 Å². The highest BCUT2D eigenvalue weighted by atomic mass is 16.2. The number of amides is 1. The third-order valence-corrected chi connectivity index (χ3v) is 3.51. The Morgan fingerprint density at radius 2 is 1.48 bits per heavy atom. The summed E-state index contributed by atoms with van der Waals surface area (Å²) in [4.78, 5) is 25.0. The van der Waals surface area contributed by atoms with Crippen LogP contribution in [0.2, 0.25) is 0 Å². The van der Waals surface area contributed by atoms with Gasteiger partial charge in [0, 0.05) is 5.56 Å². The Morgan fingerprint density at radius 3 is 2.24 bits per heavy atom. The second-order valence-corrected chi connectivity index (χ2v) is 5.24. The van der Waals surface area contributed by atoms with Crippen LogP contribution in [-0.2, 0) is 0 Å². The van der Waals surface area contributed by atoms with Crippen LogP contribution in [0, 0.1) is 0 Å². The van der Waals surface area contributed by atoms with Gasteiger partial charge in [-0.05, 0) is 12.1 Å². The molecule has 0 atom stereocenters. The zero-order chi connectivity index (χ0) is 17.1. The molecule has 0 aliphatic rings. The Hall–Kier alpha value is -3.74. The lowest BCUT2D eigenvalue weighted by atomic mass is 10.2. The SMILES string of the molecule is O=C(Nc1cnc(-c2ccccc2)nc1)c1nnc2ccccc2n1. The Kier molecular flexibility index (Phi) is 3.80. The maximum Gasteiger partial charge on any atom is 0.295 e.